The molecule has 0 amide bonds. The molecular formula is C7H7NO3S. The third-order valence-corrected chi connectivity index (χ3v) is 2.28. The molecule has 64 valence electrons. The molecule has 0 aromatic heterocycles. The van der Waals surface area contributed by atoms with Crippen LogP contribution < -0.4 is 0 Å². The minimum Gasteiger partial charge on any atom is -0.258 e. The predicted octanol–water partition coefficient (Wildman–Crippen LogP) is 1.33. The first-order chi connectivity index (χ1) is 5.61. The van der Waals surface area contributed by atoms with Crippen LogP contribution in [0.5, 0.6) is 0 Å². The monoisotopic (exact) mass is 185 g/mol. The zero-order valence-corrected chi connectivity index (χ0v) is 7.21. The molecule has 0 radical (unpaired) electrons. The molecule has 0 saturated carbocycles. The highest BCUT2D eigenvalue weighted by molar-refractivity contribution is 7.84. The molecule has 1 aromatic carbocycles. The predicted molar refractivity (Wildman–Crippen MR) is 45.4 cm³/mol. The zero-order valence-electron chi connectivity index (χ0n) is 6.39. The van der Waals surface area contributed by atoms with Crippen LogP contribution in [-0.4, -0.2) is 15.4 Å². The van der Waals surface area contributed by atoms with Crippen LogP contribution in [0.4, 0.5) is 5.69 Å². The Balaban J connectivity index is 3.12. The number of hydrogen-bond donors (Lipinski definition) is 0. The second-order valence-corrected chi connectivity index (χ2v) is 3.59. The van der Waals surface area contributed by atoms with Gasteiger partial charge >= 0.3 is 0 Å². The van der Waals surface area contributed by atoms with E-state index in [4.69, 9.17) is 0 Å². The number of benzene rings is 1. The maximum Gasteiger partial charge on any atom is 0.270 e. The highest BCUT2D eigenvalue weighted by atomic mass is 32.2. The fraction of sp³-hybridized carbons (Fsp3) is 0.143. The molecule has 0 heterocycles. The molecule has 0 unspecified atom stereocenters. The van der Waals surface area contributed by atoms with E-state index in [1.54, 1.807) is 6.07 Å². The van der Waals surface area contributed by atoms with Crippen molar-refractivity contribution in [1.82, 2.24) is 0 Å². The Morgan fingerprint density at radius 1 is 1.50 bits per heavy atom. The minimum atomic E-state index is -1.16. The van der Waals surface area contributed by atoms with E-state index in [1.807, 2.05) is 0 Å². The Morgan fingerprint density at radius 2 is 2.17 bits per heavy atom. The van der Waals surface area contributed by atoms with Gasteiger partial charge in [-0.2, -0.15) is 0 Å². The first kappa shape index (κ1) is 8.86. The Bertz CT molecular complexity index is 308. The summed E-state index contributed by atoms with van der Waals surface area (Å²) in [6.07, 6.45) is 1.49. The third kappa shape index (κ3) is 1.88. The largest absolute Gasteiger partial charge is 0.270 e. The second kappa shape index (κ2) is 3.44. The Labute approximate surface area is 71.8 Å². The van der Waals surface area contributed by atoms with Crippen LogP contribution in [0.3, 0.4) is 0 Å². The summed E-state index contributed by atoms with van der Waals surface area (Å²) < 4.78 is 10.9. The average Bonchev–Trinajstić information content (AvgIpc) is 2.04. The Kier molecular flexibility index (Phi) is 2.54. The molecule has 0 aliphatic heterocycles. The van der Waals surface area contributed by atoms with Gasteiger partial charge in [-0.15, -0.1) is 0 Å². The van der Waals surface area contributed by atoms with Crippen molar-refractivity contribution in [1.29, 1.82) is 0 Å². The molecule has 0 aliphatic rings. The number of non-ortho nitro benzene ring substituents is 1. The van der Waals surface area contributed by atoms with Crippen LogP contribution in [0.1, 0.15) is 0 Å². The first-order valence-corrected chi connectivity index (χ1v) is 4.75. The van der Waals surface area contributed by atoms with Gasteiger partial charge in [0.1, 0.15) is 0 Å². The average molecular weight is 185 g/mol. The van der Waals surface area contributed by atoms with Crippen molar-refractivity contribution < 1.29 is 9.13 Å². The smallest absolute Gasteiger partial charge is 0.258 e. The van der Waals surface area contributed by atoms with Gasteiger partial charge in [0.15, 0.2) is 0 Å². The van der Waals surface area contributed by atoms with Crippen molar-refractivity contribution in [3.63, 3.8) is 0 Å². The van der Waals surface area contributed by atoms with E-state index in [0.717, 1.165) is 0 Å². The summed E-state index contributed by atoms with van der Waals surface area (Å²) in [6.45, 7) is 0. The first-order valence-electron chi connectivity index (χ1n) is 3.19. The van der Waals surface area contributed by atoms with Crippen molar-refractivity contribution in [3.05, 3.63) is 34.4 Å². The Morgan fingerprint density at radius 3 is 2.67 bits per heavy atom. The number of hydrogen-bond acceptors (Lipinski definition) is 3. The lowest BCUT2D eigenvalue weighted by molar-refractivity contribution is -0.385. The lowest BCUT2D eigenvalue weighted by Crippen LogP contribution is -1.91. The molecular weight excluding hydrogens is 178 g/mol. The number of rotatable bonds is 2. The number of nitrogens with zero attached hydrogens (tertiary/aromatic N) is 1. The third-order valence-electron chi connectivity index (χ3n) is 1.36. The van der Waals surface area contributed by atoms with Crippen LogP contribution in [-0.2, 0) is 10.8 Å². The standard InChI is InChI=1S/C7H7NO3S/c1-12(11)7-4-2-3-6(5-7)8(9)10/h2-5H,1H3/t12-/m1/s1. The molecule has 0 N–H and O–H groups in total. The second-order valence-electron chi connectivity index (χ2n) is 2.21. The summed E-state index contributed by atoms with van der Waals surface area (Å²) in [5.41, 5.74) is -0.0253. The van der Waals surface area contributed by atoms with Gasteiger partial charge in [-0.25, -0.2) is 0 Å². The van der Waals surface area contributed by atoms with E-state index in [-0.39, 0.29) is 5.69 Å². The van der Waals surface area contributed by atoms with E-state index >= 15 is 0 Å². The van der Waals surface area contributed by atoms with Crippen molar-refractivity contribution in [3.8, 4) is 0 Å². The van der Waals surface area contributed by atoms with Crippen LogP contribution in [0, 0.1) is 10.1 Å². The summed E-state index contributed by atoms with van der Waals surface area (Å²) in [4.78, 5) is 10.3. The summed E-state index contributed by atoms with van der Waals surface area (Å²) >= 11 is 0. The molecule has 1 rings (SSSR count). The van der Waals surface area contributed by atoms with E-state index in [0.29, 0.717) is 4.90 Å². The van der Waals surface area contributed by atoms with Crippen LogP contribution in [0.25, 0.3) is 0 Å². The molecule has 1 atom stereocenters. The van der Waals surface area contributed by atoms with Crippen LogP contribution in [0.2, 0.25) is 0 Å². The lowest BCUT2D eigenvalue weighted by atomic mass is 10.3. The summed E-state index contributed by atoms with van der Waals surface area (Å²) in [5.74, 6) is 0. The van der Waals surface area contributed by atoms with Crippen LogP contribution >= 0.6 is 0 Å². The van der Waals surface area contributed by atoms with Gasteiger partial charge in [-0.05, 0) is 6.07 Å². The molecule has 12 heavy (non-hydrogen) atoms. The topological polar surface area (TPSA) is 60.2 Å². The fourth-order valence-corrected chi connectivity index (χ4v) is 1.33. The van der Waals surface area contributed by atoms with Gasteiger partial charge < -0.3 is 0 Å². The highest BCUT2D eigenvalue weighted by Gasteiger charge is 2.06. The van der Waals surface area contributed by atoms with Crippen LogP contribution in [0.15, 0.2) is 29.2 Å². The fourth-order valence-electron chi connectivity index (χ4n) is 0.776. The van der Waals surface area contributed by atoms with Crippen molar-refractivity contribution in [2.75, 3.05) is 6.26 Å². The summed E-state index contributed by atoms with van der Waals surface area (Å²) in [7, 11) is -1.16. The SMILES string of the molecule is C[S@@](=O)c1cccc([N+](=O)[O-])c1. The highest BCUT2D eigenvalue weighted by Crippen LogP contribution is 2.14. The molecule has 0 saturated heterocycles. The van der Waals surface area contributed by atoms with Gasteiger partial charge in [0.05, 0.1) is 15.7 Å². The number of nitro benzene ring substituents is 1. The molecule has 4 nitrogen and oxygen atoms in total. The molecule has 5 heteroatoms. The van der Waals surface area contributed by atoms with Gasteiger partial charge in [0.2, 0.25) is 0 Å². The Hall–Kier alpha value is -1.23. The molecule has 1 aromatic rings. The van der Waals surface area contributed by atoms with Gasteiger partial charge in [0.25, 0.3) is 5.69 Å². The van der Waals surface area contributed by atoms with Gasteiger partial charge in [-0.3, -0.25) is 14.3 Å². The van der Waals surface area contributed by atoms with E-state index in [9.17, 15) is 14.3 Å². The van der Waals surface area contributed by atoms with Crippen molar-refractivity contribution >= 4 is 16.5 Å². The maximum absolute atomic E-state index is 10.9. The lowest BCUT2D eigenvalue weighted by Gasteiger charge is -1.94. The van der Waals surface area contributed by atoms with E-state index < -0.39 is 15.7 Å². The van der Waals surface area contributed by atoms with E-state index in [2.05, 4.69) is 0 Å². The maximum atomic E-state index is 10.9. The van der Waals surface area contributed by atoms with Crippen molar-refractivity contribution in [2.24, 2.45) is 0 Å². The number of nitro groups is 1. The minimum absolute atomic E-state index is 0.0253. The van der Waals surface area contributed by atoms with Gasteiger partial charge in [0, 0.05) is 23.3 Å². The van der Waals surface area contributed by atoms with Gasteiger partial charge in [-0.1, -0.05) is 6.07 Å². The molecule has 0 spiro atoms. The van der Waals surface area contributed by atoms with E-state index in [1.165, 1.54) is 24.5 Å². The molecule has 0 fully saturated rings. The molecule has 0 bridgehead atoms. The zero-order chi connectivity index (χ0) is 9.14. The van der Waals surface area contributed by atoms with Crippen molar-refractivity contribution in [2.45, 2.75) is 4.90 Å². The summed E-state index contributed by atoms with van der Waals surface area (Å²) in [5, 5.41) is 10.3. The summed E-state index contributed by atoms with van der Waals surface area (Å²) in [6, 6.07) is 5.81. The quantitative estimate of drug-likeness (QED) is 0.516. The normalized spacial score (nSPS) is 12.4. The molecule has 0 aliphatic carbocycles.